The number of carbonyl (C=O) groups excluding carboxylic acids is 2. The SMILES string of the molecule is CC.CC.CC.CC(=O)OC(C)(C)C.CC/C=C\C1=C(CC)CC(N(CCCNC(=O)c2cccc(NCCCCC)c2)CC(C)/C(=C\C(=C/CC)OC)OC)C1.CCCC.CO. The standard InChI is InChI=1S/C37H59N3O3.C6H12O2.C4H10.3C2H6.CH4O/c1-8-12-14-21-38-33-20-15-19-32(24-33)37(41)39-22-16-23-40(34-25-30(11-4)31(26-34)18-13-9-2)28-29(5)36(43-7)27-35(42-6)17-10-3;1-5(7)8-6(2,3)4;1-3-4-2;4*1-2/h13,15,17-20,24,27,29,34,38H,8-12,14,16,21-23,25-26,28H2,1-7H3,(H,39,41);1-4H3;3-4H2,1-2H3;3*1-2H3;2H,1H3/b18-13-,35-17+,36-27+;;;;;;. The molecule has 1 aromatic carbocycles. The fourth-order valence-electron chi connectivity index (χ4n) is 6.17. The maximum Gasteiger partial charge on any atom is 0.303 e. The average Bonchev–Trinajstić information content (AvgIpc) is 3.72. The van der Waals surface area contributed by atoms with Crippen molar-refractivity contribution in [1.29, 1.82) is 0 Å². The molecular weight excluding hydrogens is 787 g/mol. The first kappa shape index (κ1) is 68.5. The molecule has 0 radical (unpaired) electrons. The molecule has 1 aliphatic carbocycles. The third kappa shape index (κ3) is 37.5. The lowest BCUT2D eigenvalue weighted by atomic mass is 10.0. The number of ether oxygens (including phenoxy) is 3. The predicted octanol–water partition coefficient (Wildman–Crippen LogP) is 14.5. The summed E-state index contributed by atoms with van der Waals surface area (Å²) in [6.07, 6.45) is 21.0. The maximum atomic E-state index is 13.0. The van der Waals surface area contributed by atoms with Gasteiger partial charge in [-0.05, 0) is 95.6 Å². The monoisotopic (exact) mass is 890 g/mol. The summed E-state index contributed by atoms with van der Waals surface area (Å²) in [7, 11) is 4.45. The molecule has 2 atom stereocenters. The van der Waals surface area contributed by atoms with Crippen molar-refractivity contribution >= 4 is 17.6 Å². The van der Waals surface area contributed by atoms with Crippen molar-refractivity contribution in [3.63, 3.8) is 0 Å². The second kappa shape index (κ2) is 47.9. The second-order valence-corrected chi connectivity index (χ2v) is 15.3. The number of methoxy groups -OCH3 is 2. The van der Waals surface area contributed by atoms with E-state index in [0.717, 1.165) is 88.9 Å². The lowest BCUT2D eigenvalue weighted by molar-refractivity contribution is -0.151. The number of esters is 1. The predicted molar refractivity (Wildman–Crippen MR) is 277 cm³/mol. The Bertz CT molecular complexity index is 1330. The van der Waals surface area contributed by atoms with Crippen LogP contribution in [0.2, 0.25) is 0 Å². The third-order valence-corrected chi connectivity index (χ3v) is 9.14. The number of nitrogens with zero attached hydrogens (tertiary/aromatic N) is 1. The minimum absolute atomic E-state index is 0.0145. The number of hydrogen-bond acceptors (Lipinski definition) is 8. The molecule has 2 rings (SSSR count). The normalized spacial score (nSPS) is 13.7. The molecule has 0 spiro atoms. The Labute approximate surface area is 391 Å². The van der Waals surface area contributed by atoms with Gasteiger partial charge in [-0.15, -0.1) is 0 Å². The fourth-order valence-corrected chi connectivity index (χ4v) is 6.17. The highest BCUT2D eigenvalue weighted by Crippen LogP contribution is 2.34. The van der Waals surface area contributed by atoms with E-state index >= 15 is 0 Å². The van der Waals surface area contributed by atoms with Gasteiger partial charge in [0.2, 0.25) is 0 Å². The van der Waals surface area contributed by atoms with Crippen molar-refractivity contribution in [2.75, 3.05) is 52.8 Å². The molecule has 0 saturated heterocycles. The Kier molecular flexibility index (Phi) is 52.1. The summed E-state index contributed by atoms with van der Waals surface area (Å²) in [6, 6.07) is 8.28. The number of amides is 1. The number of hydrogen-bond donors (Lipinski definition) is 3. The maximum absolute atomic E-state index is 13.0. The number of unbranched alkanes of at least 4 members (excludes halogenated alkanes) is 3. The van der Waals surface area contributed by atoms with Crippen molar-refractivity contribution in [1.82, 2.24) is 10.2 Å². The topological polar surface area (TPSA) is 109 Å². The van der Waals surface area contributed by atoms with E-state index in [1.54, 1.807) is 19.8 Å². The van der Waals surface area contributed by atoms with Gasteiger partial charge in [0.1, 0.15) is 17.1 Å². The van der Waals surface area contributed by atoms with Gasteiger partial charge in [0.05, 0.1) is 14.2 Å². The number of carbonyl (C=O) groups is 2. The van der Waals surface area contributed by atoms with E-state index in [9.17, 15) is 9.59 Å². The molecule has 1 aromatic rings. The minimum atomic E-state index is -0.328. The van der Waals surface area contributed by atoms with E-state index in [1.165, 1.54) is 38.2 Å². The van der Waals surface area contributed by atoms with E-state index < -0.39 is 0 Å². The smallest absolute Gasteiger partial charge is 0.303 e. The molecule has 0 saturated carbocycles. The third-order valence-electron chi connectivity index (χ3n) is 9.14. The average molecular weight is 890 g/mol. The highest BCUT2D eigenvalue weighted by Gasteiger charge is 2.29. The van der Waals surface area contributed by atoms with Gasteiger partial charge >= 0.3 is 5.97 Å². The van der Waals surface area contributed by atoms with E-state index in [0.29, 0.717) is 18.2 Å². The lowest BCUT2D eigenvalue weighted by Gasteiger charge is -2.32. The Balaban J connectivity index is -0.000000472. The van der Waals surface area contributed by atoms with Crippen LogP contribution in [0.15, 0.2) is 71.2 Å². The number of nitrogens with one attached hydrogen (secondary N) is 2. The first-order chi connectivity index (χ1) is 30.2. The molecule has 9 heteroatoms. The molecule has 63 heavy (non-hydrogen) atoms. The van der Waals surface area contributed by atoms with Crippen molar-refractivity contribution in [3.05, 3.63) is 76.8 Å². The van der Waals surface area contributed by atoms with Crippen molar-refractivity contribution in [3.8, 4) is 0 Å². The molecule has 0 fully saturated rings. The molecule has 3 N–H and O–H groups in total. The minimum Gasteiger partial charge on any atom is -0.501 e. The fraction of sp³-hybridized carbons (Fsp3) is 0.704. The molecule has 0 heterocycles. The van der Waals surface area contributed by atoms with Crippen LogP contribution in [0.5, 0.6) is 0 Å². The van der Waals surface area contributed by atoms with Crippen LogP contribution in [-0.4, -0.2) is 81.0 Å². The van der Waals surface area contributed by atoms with Gasteiger partial charge in [0.15, 0.2) is 0 Å². The summed E-state index contributed by atoms with van der Waals surface area (Å²) in [5.41, 5.74) is 4.45. The Morgan fingerprint density at radius 3 is 1.94 bits per heavy atom. The first-order valence-corrected chi connectivity index (χ1v) is 24.6. The molecule has 2 unspecified atom stereocenters. The number of allylic oxidation sites excluding steroid dienone is 4. The van der Waals surface area contributed by atoms with Crippen LogP contribution >= 0.6 is 0 Å². The van der Waals surface area contributed by atoms with Crippen LogP contribution in [-0.2, 0) is 19.0 Å². The molecular formula is C54H103N3O6. The zero-order valence-electron chi connectivity index (χ0n) is 44.8. The summed E-state index contributed by atoms with van der Waals surface area (Å²) in [6.45, 7) is 37.7. The van der Waals surface area contributed by atoms with Crippen LogP contribution in [0.1, 0.15) is 199 Å². The van der Waals surface area contributed by atoms with E-state index in [-0.39, 0.29) is 23.4 Å². The van der Waals surface area contributed by atoms with Gasteiger partial charge in [0.25, 0.3) is 5.91 Å². The van der Waals surface area contributed by atoms with Gasteiger partial charge in [-0.25, -0.2) is 0 Å². The van der Waals surface area contributed by atoms with Crippen molar-refractivity contribution in [2.45, 2.75) is 200 Å². The highest BCUT2D eigenvalue weighted by atomic mass is 16.6. The van der Waals surface area contributed by atoms with E-state index in [1.807, 2.05) is 92.7 Å². The van der Waals surface area contributed by atoms with Crippen LogP contribution in [0.4, 0.5) is 5.69 Å². The Morgan fingerprint density at radius 1 is 0.857 bits per heavy atom. The summed E-state index contributed by atoms with van der Waals surface area (Å²) in [4.78, 5) is 25.8. The first-order valence-electron chi connectivity index (χ1n) is 24.6. The van der Waals surface area contributed by atoms with Crippen LogP contribution < -0.4 is 10.6 Å². The molecule has 1 amide bonds. The highest BCUT2D eigenvalue weighted by molar-refractivity contribution is 5.95. The largest absolute Gasteiger partial charge is 0.501 e. The van der Waals surface area contributed by atoms with E-state index in [2.05, 4.69) is 82.2 Å². The van der Waals surface area contributed by atoms with Gasteiger partial charge in [-0.1, -0.05) is 139 Å². The van der Waals surface area contributed by atoms with E-state index in [4.69, 9.17) is 19.3 Å². The van der Waals surface area contributed by atoms with Crippen LogP contribution in [0.3, 0.4) is 0 Å². The number of aliphatic hydroxyl groups excluding tert-OH is 1. The molecule has 0 bridgehead atoms. The zero-order valence-corrected chi connectivity index (χ0v) is 44.8. The van der Waals surface area contributed by atoms with Gasteiger partial charge in [0, 0.05) is 69.5 Å². The van der Waals surface area contributed by atoms with Gasteiger partial charge in [-0.2, -0.15) is 0 Å². The van der Waals surface area contributed by atoms with Gasteiger partial charge < -0.3 is 30.0 Å². The summed E-state index contributed by atoms with van der Waals surface area (Å²) in [5.74, 6) is 1.72. The number of rotatable bonds is 22. The van der Waals surface area contributed by atoms with Crippen molar-refractivity contribution < 1.29 is 28.9 Å². The molecule has 1 aliphatic rings. The molecule has 0 aliphatic heterocycles. The Morgan fingerprint density at radius 2 is 1.48 bits per heavy atom. The summed E-state index contributed by atoms with van der Waals surface area (Å²) in [5, 5.41) is 13.6. The van der Waals surface area contributed by atoms with Crippen LogP contribution in [0, 0.1) is 5.92 Å². The number of aliphatic hydroxyl groups is 1. The molecule has 9 nitrogen and oxygen atoms in total. The quantitative estimate of drug-likeness (QED) is 0.0457. The Hall–Kier alpha value is -3.56. The second-order valence-electron chi connectivity index (χ2n) is 15.3. The zero-order chi connectivity index (χ0) is 49.6. The van der Waals surface area contributed by atoms with Crippen molar-refractivity contribution in [2.24, 2.45) is 5.92 Å². The number of benzene rings is 1. The summed E-state index contributed by atoms with van der Waals surface area (Å²) < 4.78 is 16.2. The number of anilines is 1. The molecule has 370 valence electrons. The summed E-state index contributed by atoms with van der Waals surface area (Å²) >= 11 is 0. The van der Waals surface area contributed by atoms with Crippen LogP contribution in [0.25, 0.3) is 0 Å². The van der Waals surface area contributed by atoms with Gasteiger partial charge in [-0.3, -0.25) is 14.5 Å². The lowest BCUT2D eigenvalue weighted by Crippen LogP contribution is -2.40. The molecule has 0 aromatic heterocycles.